The number of primary amides is 1. The largest absolute Gasteiger partial charge is 0.370 e. The van der Waals surface area contributed by atoms with Crippen LogP contribution in [0, 0.1) is 5.92 Å². The third-order valence-electron chi connectivity index (χ3n) is 1.04. The Labute approximate surface area is 55.1 Å². The molecular formula is C7H11NO. The van der Waals surface area contributed by atoms with Crippen LogP contribution in [0.3, 0.4) is 0 Å². The third kappa shape index (κ3) is 3.53. The molecule has 2 nitrogen and oxygen atoms in total. The summed E-state index contributed by atoms with van der Waals surface area (Å²) in [7, 11) is 0. The van der Waals surface area contributed by atoms with E-state index in [-0.39, 0.29) is 11.8 Å². The predicted octanol–water partition coefficient (Wildman–Crippen LogP) is 0.850. The van der Waals surface area contributed by atoms with Gasteiger partial charge in [-0.2, -0.15) is 0 Å². The summed E-state index contributed by atoms with van der Waals surface area (Å²) in [6.07, 6.45) is 3.61. The van der Waals surface area contributed by atoms with E-state index in [1.807, 2.05) is 0 Å². The summed E-state index contributed by atoms with van der Waals surface area (Å²) in [5, 5.41) is 0. The Morgan fingerprint density at radius 2 is 2.00 bits per heavy atom. The molecule has 0 aliphatic rings. The summed E-state index contributed by atoms with van der Waals surface area (Å²) in [6, 6.07) is 0. The lowest BCUT2D eigenvalue weighted by Gasteiger charge is -2.00. The molecule has 0 heterocycles. The molecule has 0 aliphatic heterocycles. The number of amides is 1. The summed E-state index contributed by atoms with van der Waals surface area (Å²) in [6.45, 7) is 7.01. The predicted molar refractivity (Wildman–Crippen MR) is 37.7 cm³/mol. The zero-order chi connectivity index (χ0) is 7.28. The van der Waals surface area contributed by atoms with Gasteiger partial charge in [0.15, 0.2) is 0 Å². The number of nitrogens with two attached hydrogens (primary N) is 1. The average Bonchev–Trinajstić information content (AvgIpc) is 1.82. The maximum Gasteiger partial charge on any atom is 0.218 e. The minimum Gasteiger partial charge on any atom is -0.370 e. The summed E-state index contributed by atoms with van der Waals surface area (Å²) in [5.74, 6) is -0.290. The van der Waals surface area contributed by atoms with E-state index in [0.29, 0.717) is 6.42 Å². The van der Waals surface area contributed by atoms with Crippen LogP contribution in [0.25, 0.3) is 0 Å². The van der Waals surface area contributed by atoms with Gasteiger partial charge in [-0.1, -0.05) is 12.2 Å². The van der Waals surface area contributed by atoms with Gasteiger partial charge in [0.05, 0.1) is 0 Å². The molecule has 0 fully saturated rings. The van der Waals surface area contributed by atoms with Gasteiger partial charge in [0.25, 0.3) is 0 Å². The molecule has 2 N–H and O–H groups in total. The van der Waals surface area contributed by atoms with Crippen LogP contribution in [-0.4, -0.2) is 5.91 Å². The van der Waals surface area contributed by atoms with E-state index in [4.69, 9.17) is 5.73 Å². The third-order valence-corrected chi connectivity index (χ3v) is 1.04. The van der Waals surface area contributed by atoms with Gasteiger partial charge in [-0.3, -0.25) is 4.79 Å². The van der Waals surface area contributed by atoms with Gasteiger partial charge in [0.1, 0.15) is 0 Å². The minimum absolute atomic E-state index is 0.0301. The molecule has 0 aromatic carbocycles. The molecule has 0 saturated heterocycles. The highest BCUT2D eigenvalue weighted by molar-refractivity contribution is 5.74. The number of rotatable bonds is 4. The normalized spacial score (nSPS) is 9.00. The van der Waals surface area contributed by atoms with Crippen LogP contribution in [0.5, 0.6) is 0 Å². The molecular weight excluding hydrogens is 114 g/mol. The van der Waals surface area contributed by atoms with Gasteiger partial charge in [-0.15, -0.1) is 13.2 Å². The van der Waals surface area contributed by atoms with Gasteiger partial charge in [-0.05, 0) is 0 Å². The molecule has 2 heteroatoms. The number of carbonyl (C=O) groups excluding carboxylic acids is 1. The van der Waals surface area contributed by atoms with Gasteiger partial charge in [-0.25, -0.2) is 0 Å². The molecule has 50 valence electrons. The van der Waals surface area contributed by atoms with Crippen molar-refractivity contribution in [1.29, 1.82) is 0 Å². The van der Waals surface area contributed by atoms with E-state index >= 15 is 0 Å². The molecule has 0 spiro atoms. The first kappa shape index (κ1) is 7.95. The SMILES string of the molecule is C=CC(C=C)CC(N)=O. The standard InChI is InChI=1S/C7H11NO/c1-3-6(4-2)5-7(8)9/h3-4,6H,1-2,5H2,(H2,8,9). The van der Waals surface area contributed by atoms with Crippen molar-refractivity contribution in [2.24, 2.45) is 11.7 Å². The minimum atomic E-state index is -0.320. The first-order chi connectivity index (χ1) is 4.20. The number of hydrogen-bond acceptors (Lipinski definition) is 1. The highest BCUT2D eigenvalue weighted by Crippen LogP contribution is 2.02. The fourth-order valence-corrected chi connectivity index (χ4v) is 0.495. The molecule has 0 bridgehead atoms. The van der Waals surface area contributed by atoms with Crippen molar-refractivity contribution in [2.75, 3.05) is 0 Å². The Morgan fingerprint density at radius 1 is 1.56 bits per heavy atom. The molecule has 1 amide bonds. The number of carbonyl (C=O) groups is 1. The van der Waals surface area contributed by atoms with E-state index < -0.39 is 0 Å². The average molecular weight is 125 g/mol. The van der Waals surface area contributed by atoms with Crippen molar-refractivity contribution in [1.82, 2.24) is 0 Å². The van der Waals surface area contributed by atoms with Crippen molar-refractivity contribution in [3.05, 3.63) is 25.3 Å². The fourth-order valence-electron chi connectivity index (χ4n) is 0.495. The second-order valence-electron chi connectivity index (χ2n) is 1.81. The van der Waals surface area contributed by atoms with Gasteiger partial charge in [0, 0.05) is 12.3 Å². The Hall–Kier alpha value is -1.05. The molecule has 0 aromatic rings. The molecule has 0 unspecified atom stereocenters. The van der Waals surface area contributed by atoms with Crippen molar-refractivity contribution in [2.45, 2.75) is 6.42 Å². The lowest BCUT2D eigenvalue weighted by atomic mass is 10.1. The molecule has 0 aromatic heterocycles. The maximum atomic E-state index is 10.3. The van der Waals surface area contributed by atoms with Gasteiger partial charge < -0.3 is 5.73 Å². The van der Waals surface area contributed by atoms with E-state index in [0.717, 1.165) is 0 Å². The summed E-state index contributed by atoms with van der Waals surface area (Å²) in [4.78, 5) is 10.3. The second kappa shape index (κ2) is 3.89. The van der Waals surface area contributed by atoms with Crippen LogP contribution in [-0.2, 0) is 4.79 Å². The van der Waals surface area contributed by atoms with E-state index in [9.17, 15) is 4.79 Å². The molecule has 9 heavy (non-hydrogen) atoms. The van der Waals surface area contributed by atoms with Crippen LogP contribution >= 0.6 is 0 Å². The molecule has 0 saturated carbocycles. The molecule has 0 atom stereocenters. The smallest absolute Gasteiger partial charge is 0.218 e. The van der Waals surface area contributed by atoms with Crippen molar-refractivity contribution >= 4 is 5.91 Å². The lowest BCUT2D eigenvalue weighted by Crippen LogP contribution is -2.13. The van der Waals surface area contributed by atoms with Crippen molar-refractivity contribution < 1.29 is 4.79 Å². The topological polar surface area (TPSA) is 43.1 Å². The highest BCUT2D eigenvalue weighted by atomic mass is 16.1. The zero-order valence-corrected chi connectivity index (χ0v) is 5.34. The second-order valence-corrected chi connectivity index (χ2v) is 1.81. The lowest BCUT2D eigenvalue weighted by molar-refractivity contribution is -0.118. The molecule has 0 aliphatic carbocycles. The number of allylic oxidation sites excluding steroid dienone is 2. The monoisotopic (exact) mass is 125 g/mol. The first-order valence-corrected chi connectivity index (χ1v) is 2.74. The zero-order valence-electron chi connectivity index (χ0n) is 5.34. The van der Waals surface area contributed by atoms with E-state index in [2.05, 4.69) is 13.2 Å². The van der Waals surface area contributed by atoms with Crippen LogP contribution < -0.4 is 5.73 Å². The Bertz CT molecular complexity index is 121. The Kier molecular flexibility index (Phi) is 3.44. The molecule has 0 rings (SSSR count). The summed E-state index contributed by atoms with van der Waals surface area (Å²) in [5.41, 5.74) is 4.91. The Balaban J connectivity index is 3.68. The van der Waals surface area contributed by atoms with E-state index in [1.165, 1.54) is 0 Å². The van der Waals surface area contributed by atoms with Crippen LogP contribution in [0.15, 0.2) is 25.3 Å². The Morgan fingerprint density at radius 3 is 2.11 bits per heavy atom. The fraction of sp³-hybridized carbons (Fsp3) is 0.286. The van der Waals surface area contributed by atoms with Crippen LogP contribution in [0.2, 0.25) is 0 Å². The number of hydrogen-bond donors (Lipinski definition) is 1. The van der Waals surface area contributed by atoms with Crippen molar-refractivity contribution in [3.63, 3.8) is 0 Å². The summed E-state index contributed by atoms with van der Waals surface area (Å²) < 4.78 is 0. The summed E-state index contributed by atoms with van der Waals surface area (Å²) >= 11 is 0. The maximum absolute atomic E-state index is 10.3. The van der Waals surface area contributed by atoms with Gasteiger partial charge >= 0.3 is 0 Å². The highest BCUT2D eigenvalue weighted by Gasteiger charge is 2.01. The van der Waals surface area contributed by atoms with Gasteiger partial charge in [0.2, 0.25) is 5.91 Å². The van der Waals surface area contributed by atoms with Crippen LogP contribution in [0.4, 0.5) is 0 Å². The van der Waals surface area contributed by atoms with Crippen molar-refractivity contribution in [3.8, 4) is 0 Å². The quantitative estimate of drug-likeness (QED) is 0.556. The van der Waals surface area contributed by atoms with Crippen LogP contribution in [0.1, 0.15) is 6.42 Å². The first-order valence-electron chi connectivity index (χ1n) is 2.74. The van der Waals surface area contributed by atoms with E-state index in [1.54, 1.807) is 12.2 Å². The molecule has 0 radical (unpaired) electrons.